The number of methoxy groups -OCH3 is 1. The molecule has 25 heavy (non-hydrogen) atoms. The van der Waals surface area contributed by atoms with Crippen LogP contribution in [0.15, 0.2) is 61.1 Å². The van der Waals surface area contributed by atoms with Crippen LogP contribution in [0.1, 0.15) is 0 Å². The van der Waals surface area contributed by atoms with Gasteiger partial charge >= 0.3 is 0 Å². The van der Waals surface area contributed by atoms with Crippen LogP contribution in [0, 0.1) is 5.82 Å². The fraction of sp³-hybridized carbons (Fsp3) is 0.0526. The zero-order valence-corrected chi connectivity index (χ0v) is 13.3. The van der Waals surface area contributed by atoms with Crippen molar-refractivity contribution in [1.82, 2.24) is 14.4 Å². The Hall–Kier alpha value is -3.41. The number of hydrogen-bond acceptors (Lipinski definition) is 4. The number of aromatic hydroxyl groups is 1. The lowest BCUT2D eigenvalue weighted by atomic mass is 10.1. The number of nitrogens with zero attached hydrogens (tertiary/aromatic N) is 3. The predicted octanol–water partition coefficient (Wildman–Crippen LogP) is 3.92. The maximum atomic E-state index is 13.8. The minimum absolute atomic E-state index is 0.315. The first kappa shape index (κ1) is 15.1. The number of fused-ring (bicyclic) bond motifs is 1. The van der Waals surface area contributed by atoms with E-state index in [9.17, 15) is 9.50 Å². The van der Waals surface area contributed by atoms with E-state index < -0.39 is 11.6 Å². The Morgan fingerprint density at radius 2 is 1.96 bits per heavy atom. The number of phenolic OH excluding ortho intramolecular Hbond substituents is 1. The Balaban J connectivity index is 2.04. The highest BCUT2D eigenvalue weighted by atomic mass is 19.1. The number of imidazole rings is 1. The van der Waals surface area contributed by atoms with Crippen LogP contribution in [0.4, 0.5) is 4.39 Å². The Bertz CT molecular complexity index is 1080. The summed E-state index contributed by atoms with van der Waals surface area (Å²) in [5.41, 5.74) is 2.47. The van der Waals surface area contributed by atoms with Gasteiger partial charge in [-0.2, -0.15) is 0 Å². The quantitative estimate of drug-likeness (QED) is 0.616. The van der Waals surface area contributed by atoms with Crippen LogP contribution in [-0.2, 0) is 0 Å². The van der Waals surface area contributed by atoms with Gasteiger partial charge in [-0.15, -0.1) is 0 Å². The maximum Gasteiger partial charge on any atom is 0.165 e. The summed E-state index contributed by atoms with van der Waals surface area (Å²) in [5.74, 6) is -0.0454. The number of aromatic nitrogens is 3. The van der Waals surface area contributed by atoms with Crippen molar-refractivity contribution < 1.29 is 14.2 Å². The summed E-state index contributed by atoms with van der Waals surface area (Å²) in [6.07, 6.45) is 5.12. The molecule has 0 saturated heterocycles. The Labute approximate surface area is 143 Å². The van der Waals surface area contributed by atoms with Gasteiger partial charge in [0.15, 0.2) is 11.6 Å². The first-order chi connectivity index (χ1) is 12.2. The fourth-order valence-electron chi connectivity index (χ4n) is 2.86. The molecule has 0 amide bonds. The highest BCUT2D eigenvalue weighted by molar-refractivity contribution is 5.84. The van der Waals surface area contributed by atoms with Gasteiger partial charge in [0.2, 0.25) is 0 Å². The standard InChI is InChI=1S/C19H14FN3O2/c1-25-16-8-9-21-11-13(16)17-15-7-2-3-10-23(15)19(22-17)12-5-4-6-14(20)18(12)24/h2-11,24H,1H3. The van der Waals surface area contributed by atoms with Gasteiger partial charge in [-0.05, 0) is 30.3 Å². The zero-order chi connectivity index (χ0) is 17.4. The highest BCUT2D eigenvalue weighted by Gasteiger charge is 2.19. The molecule has 0 unspecified atom stereocenters. The van der Waals surface area contributed by atoms with Gasteiger partial charge in [-0.1, -0.05) is 12.1 Å². The number of ether oxygens (including phenoxy) is 1. The van der Waals surface area contributed by atoms with Crippen LogP contribution >= 0.6 is 0 Å². The molecular formula is C19H14FN3O2. The van der Waals surface area contributed by atoms with Crippen LogP contribution in [0.2, 0.25) is 0 Å². The molecule has 124 valence electrons. The first-order valence-electron chi connectivity index (χ1n) is 7.64. The number of phenols is 1. The van der Waals surface area contributed by atoms with Crippen LogP contribution in [-0.4, -0.2) is 26.6 Å². The van der Waals surface area contributed by atoms with Gasteiger partial charge in [0.25, 0.3) is 0 Å². The number of benzene rings is 1. The van der Waals surface area contributed by atoms with E-state index in [1.807, 2.05) is 24.4 Å². The summed E-state index contributed by atoms with van der Waals surface area (Å²) in [6.45, 7) is 0. The van der Waals surface area contributed by atoms with Crippen molar-refractivity contribution >= 4 is 5.52 Å². The van der Waals surface area contributed by atoms with Gasteiger partial charge in [-0.3, -0.25) is 9.38 Å². The number of hydrogen-bond donors (Lipinski definition) is 1. The van der Waals surface area contributed by atoms with Crippen molar-refractivity contribution in [3.63, 3.8) is 0 Å². The molecular weight excluding hydrogens is 321 g/mol. The number of rotatable bonds is 3. The highest BCUT2D eigenvalue weighted by Crippen LogP contribution is 2.37. The van der Waals surface area contributed by atoms with E-state index in [2.05, 4.69) is 9.97 Å². The minimum atomic E-state index is -0.689. The summed E-state index contributed by atoms with van der Waals surface area (Å²) in [6, 6.07) is 11.8. The van der Waals surface area contributed by atoms with E-state index in [1.165, 1.54) is 6.07 Å². The van der Waals surface area contributed by atoms with Crippen molar-refractivity contribution in [2.24, 2.45) is 0 Å². The van der Waals surface area contributed by atoms with E-state index in [-0.39, 0.29) is 0 Å². The number of halogens is 1. The molecule has 3 heterocycles. The van der Waals surface area contributed by atoms with Crippen LogP contribution < -0.4 is 4.74 Å². The van der Waals surface area contributed by atoms with Crippen molar-refractivity contribution in [2.75, 3.05) is 7.11 Å². The molecule has 0 bridgehead atoms. The van der Waals surface area contributed by atoms with Gasteiger partial charge in [0, 0.05) is 18.6 Å². The molecule has 0 aliphatic heterocycles. The second kappa shape index (κ2) is 5.90. The van der Waals surface area contributed by atoms with Crippen molar-refractivity contribution in [3.8, 4) is 34.1 Å². The normalized spacial score (nSPS) is 11.0. The Morgan fingerprint density at radius 3 is 2.80 bits per heavy atom. The lowest BCUT2D eigenvalue weighted by Crippen LogP contribution is -1.90. The zero-order valence-electron chi connectivity index (χ0n) is 13.3. The minimum Gasteiger partial charge on any atom is -0.504 e. The molecule has 0 aliphatic carbocycles. The molecule has 0 atom stereocenters. The average molecular weight is 335 g/mol. The summed E-state index contributed by atoms with van der Waals surface area (Å²) in [7, 11) is 1.58. The van der Waals surface area contributed by atoms with Crippen LogP contribution in [0.25, 0.3) is 28.2 Å². The third-order valence-electron chi connectivity index (χ3n) is 4.03. The molecule has 4 aromatic rings. The smallest absolute Gasteiger partial charge is 0.165 e. The summed E-state index contributed by atoms with van der Waals surface area (Å²) < 4.78 is 21.0. The molecule has 0 radical (unpaired) electrons. The lowest BCUT2D eigenvalue weighted by molar-refractivity contribution is 0.416. The molecule has 0 aliphatic rings. The van der Waals surface area contributed by atoms with E-state index in [1.54, 1.807) is 42.1 Å². The lowest BCUT2D eigenvalue weighted by Gasteiger charge is -2.05. The first-order valence-corrected chi connectivity index (χ1v) is 7.64. The summed E-state index contributed by atoms with van der Waals surface area (Å²) >= 11 is 0. The topological polar surface area (TPSA) is 59.7 Å². The van der Waals surface area contributed by atoms with Crippen LogP contribution in [0.3, 0.4) is 0 Å². The van der Waals surface area contributed by atoms with Crippen molar-refractivity contribution in [3.05, 3.63) is 66.9 Å². The third kappa shape index (κ3) is 2.39. The Morgan fingerprint density at radius 1 is 1.08 bits per heavy atom. The number of para-hydroxylation sites is 1. The molecule has 1 aromatic carbocycles. The van der Waals surface area contributed by atoms with Gasteiger partial charge in [0.05, 0.1) is 23.8 Å². The second-order valence-corrected chi connectivity index (χ2v) is 5.45. The number of pyridine rings is 2. The van der Waals surface area contributed by atoms with Gasteiger partial charge < -0.3 is 9.84 Å². The summed E-state index contributed by atoms with van der Waals surface area (Å²) in [4.78, 5) is 8.81. The molecule has 6 heteroatoms. The van der Waals surface area contributed by atoms with E-state index in [4.69, 9.17) is 4.74 Å². The molecule has 0 saturated carbocycles. The third-order valence-corrected chi connectivity index (χ3v) is 4.03. The van der Waals surface area contributed by atoms with Crippen molar-refractivity contribution in [1.29, 1.82) is 0 Å². The fourth-order valence-corrected chi connectivity index (χ4v) is 2.86. The summed E-state index contributed by atoms with van der Waals surface area (Å²) in [5, 5.41) is 10.1. The second-order valence-electron chi connectivity index (χ2n) is 5.45. The van der Waals surface area contributed by atoms with Crippen LogP contribution in [0.5, 0.6) is 11.5 Å². The van der Waals surface area contributed by atoms with Crippen molar-refractivity contribution in [2.45, 2.75) is 0 Å². The van der Waals surface area contributed by atoms with E-state index in [0.29, 0.717) is 22.8 Å². The Kier molecular flexibility index (Phi) is 3.57. The largest absolute Gasteiger partial charge is 0.504 e. The predicted molar refractivity (Wildman–Crippen MR) is 92.0 cm³/mol. The molecule has 1 N–H and O–H groups in total. The average Bonchev–Trinajstić information content (AvgIpc) is 3.03. The monoisotopic (exact) mass is 335 g/mol. The SMILES string of the molecule is COc1ccncc1-c1nc(-c2cccc(F)c2O)n2ccccc12. The van der Waals surface area contributed by atoms with Gasteiger partial charge in [-0.25, -0.2) is 9.37 Å². The maximum absolute atomic E-state index is 13.8. The van der Waals surface area contributed by atoms with E-state index in [0.717, 1.165) is 11.1 Å². The molecule has 0 fully saturated rings. The van der Waals surface area contributed by atoms with E-state index >= 15 is 0 Å². The molecule has 3 aromatic heterocycles. The molecule has 4 rings (SSSR count). The molecule has 0 spiro atoms. The van der Waals surface area contributed by atoms with Gasteiger partial charge in [0.1, 0.15) is 17.3 Å². The molecule has 5 nitrogen and oxygen atoms in total.